The fraction of sp³-hybridized carbons (Fsp3) is 0.200. The molecule has 53 heavy (non-hydrogen) atoms. The molecule has 262 valence electrons. The van der Waals surface area contributed by atoms with Crippen LogP contribution in [0.1, 0.15) is 27.7 Å². The Morgan fingerprint density at radius 1 is 0.528 bits per heavy atom. The summed E-state index contributed by atoms with van der Waals surface area (Å²) in [5.74, 6) is 0. The molecule has 0 radical (unpaired) electrons. The Morgan fingerprint density at radius 3 is 1.49 bits per heavy atom. The molecule has 8 aromatic rings. The van der Waals surface area contributed by atoms with Crippen LogP contribution in [0.2, 0.25) is 0 Å². The minimum atomic E-state index is -2.16. The van der Waals surface area contributed by atoms with E-state index in [4.69, 9.17) is 9.97 Å². The molecule has 1 aliphatic heterocycles. The quantitative estimate of drug-likeness (QED) is 0.165. The van der Waals surface area contributed by atoms with Gasteiger partial charge >= 0.3 is 0 Å². The van der Waals surface area contributed by atoms with Crippen LogP contribution in [0.25, 0.3) is 43.4 Å². The molecule has 6 aromatic carbocycles. The summed E-state index contributed by atoms with van der Waals surface area (Å²) in [6.45, 7) is 12.1. The standard InChI is InChI=1S/C45H43N6P2/c1-28(2)52-42-18-32-14-10-8-12-30(32)16-38(42)50(5)40-17-31-13-9-11-15-33(31)20-44(40)53(7,29(3)4)45-21-35-25-47-27-49-37(35)23-41(45)51(6)39-22-36-34(19-43(39)52)24-46-26-48-36/h8-29H,1-7H3/q+1. The molecule has 2 unspecified atom stereocenters. The third-order valence-electron chi connectivity index (χ3n) is 11.4. The van der Waals surface area contributed by atoms with Crippen LogP contribution in [0.5, 0.6) is 0 Å². The molecule has 2 atom stereocenters. The Balaban J connectivity index is 1.50. The molecule has 1 aliphatic rings. The molecule has 0 aliphatic carbocycles. The van der Waals surface area contributed by atoms with Crippen LogP contribution in [0.3, 0.4) is 0 Å². The first kappa shape index (κ1) is 33.8. The predicted octanol–water partition coefficient (Wildman–Crippen LogP) is 9.58. The van der Waals surface area contributed by atoms with Crippen LogP contribution in [-0.4, -0.2) is 52.0 Å². The topological polar surface area (TPSA) is 58.0 Å². The summed E-state index contributed by atoms with van der Waals surface area (Å²) in [5, 5.41) is 12.6. The highest BCUT2D eigenvalue weighted by Gasteiger charge is 2.47. The molecule has 9 rings (SSSR count). The van der Waals surface area contributed by atoms with Gasteiger partial charge in [0.1, 0.15) is 23.3 Å². The van der Waals surface area contributed by atoms with Crippen LogP contribution in [0.4, 0.5) is 22.7 Å². The lowest BCUT2D eigenvalue weighted by atomic mass is 10.1. The number of hydrogen-bond donors (Lipinski definition) is 0. The molecule has 2 aromatic heterocycles. The van der Waals surface area contributed by atoms with E-state index >= 15 is 0 Å². The molecule has 8 heteroatoms. The van der Waals surface area contributed by atoms with Crippen molar-refractivity contribution in [1.82, 2.24) is 19.9 Å². The van der Waals surface area contributed by atoms with Gasteiger partial charge in [-0.3, -0.25) is 0 Å². The van der Waals surface area contributed by atoms with Gasteiger partial charge in [0.15, 0.2) is 0 Å². The van der Waals surface area contributed by atoms with Gasteiger partial charge in [-0.15, -0.1) is 0 Å². The second-order valence-electron chi connectivity index (χ2n) is 15.0. The minimum absolute atomic E-state index is 0.334. The van der Waals surface area contributed by atoms with Crippen molar-refractivity contribution < 1.29 is 0 Å². The lowest BCUT2D eigenvalue weighted by molar-refractivity contribution is 1.09. The SMILES string of the molecule is CC(C)P1c2cc3ccccc3cc2N(C)c2cc3ccccc3cc2[P+](C)(C(C)C)c2cc3cncnc3cc2N(C)c2cc3ncncc3cc21. The van der Waals surface area contributed by atoms with Gasteiger partial charge in [0.05, 0.1) is 47.7 Å². The van der Waals surface area contributed by atoms with Crippen LogP contribution < -0.4 is 31.0 Å². The molecule has 0 bridgehead atoms. The van der Waals surface area contributed by atoms with Crippen molar-refractivity contribution in [1.29, 1.82) is 0 Å². The molecule has 0 saturated carbocycles. The van der Waals surface area contributed by atoms with Gasteiger partial charge in [-0.05, 0) is 97.5 Å². The molecular formula is C45H43N6P2+. The molecule has 6 nitrogen and oxygen atoms in total. The van der Waals surface area contributed by atoms with E-state index in [1.54, 1.807) is 12.7 Å². The minimum Gasteiger partial charge on any atom is -0.341 e. The number of fused-ring (bicyclic) bond motifs is 8. The summed E-state index contributed by atoms with van der Waals surface area (Å²) < 4.78 is 0. The first-order valence-electron chi connectivity index (χ1n) is 18.3. The normalized spacial score (nSPS) is 17.5. The third kappa shape index (κ3) is 5.38. The van der Waals surface area contributed by atoms with E-state index in [0.29, 0.717) is 11.3 Å². The van der Waals surface area contributed by atoms with Crippen LogP contribution in [0.15, 0.2) is 122 Å². The maximum Gasteiger partial charge on any atom is 0.123 e. The summed E-state index contributed by atoms with van der Waals surface area (Å²) >= 11 is 0. The van der Waals surface area contributed by atoms with Gasteiger partial charge < -0.3 is 9.80 Å². The van der Waals surface area contributed by atoms with Crippen LogP contribution in [-0.2, 0) is 0 Å². The summed E-state index contributed by atoms with van der Waals surface area (Å²) in [5.41, 5.74) is 7.41. The van der Waals surface area contributed by atoms with E-state index in [0.717, 1.165) is 21.8 Å². The zero-order valence-corrected chi connectivity index (χ0v) is 33.1. The van der Waals surface area contributed by atoms with Crippen molar-refractivity contribution in [2.75, 3.05) is 30.6 Å². The van der Waals surface area contributed by atoms with E-state index in [9.17, 15) is 0 Å². The van der Waals surface area contributed by atoms with Crippen molar-refractivity contribution in [3.63, 3.8) is 0 Å². The number of benzene rings is 6. The zero-order valence-electron chi connectivity index (χ0n) is 31.3. The maximum absolute atomic E-state index is 4.80. The van der Waals surface area contributed by atoms with Gasteiger partial charge in [-0.1, -0.05) is 62.4 Å². The second-order valence-corrected chi connectivity index (χ2v) is 21.9. The number of rotatable bonds is 2. The number of aromatic nitrogens is 4. The first-order chi connectivity index (χ1) is 25.6. The molecule has 0 fully saturated rings. The lowest BCUT2D eigenvalue weighted by Crippen LogP contribution is -2.36. The van der Waals surface area contributed by atoms with Crippen molar-refractivity contribution in [3.8, 4) is 0 Å². The Bertz CT molecular complexity index is 2550. The molecule has 3 heterocycles. The zero-order chi connectivity index (χ0) is 36.6. The summed E-state index contributed by atoms with van der Waals surface area (Å²) in [4.78, 5) is 23.5. The van der Waals surface area contributed by atoms with Crippen molar-refractivity contribution in [3.05, 3.63) is 122 Å². The van der Waals surface area contributed by atoms with Gasteiger partial charge in [-0.2, -0.15) is 0 Å². The van der Waals surface area contributed by atoms with E-state index in [1.165, 1.54) is 65.5 Å². The average Bonchev–Trinajstić information content (AvgIpc) is 3.18. The van der Waals surface area contributed by atoms with E-state index in [2.05, 4.69) is 165 Å². The highest BCUT2D eigenvalue weighted by molar-refractivity contribution is 7.90. The second kappa shape index (κ2) is 12.8. The summed E-state index contributed by atoms with van der Waals surface area (Å²) in [7, 11) is 1.48. The van der Waals surface area contributed by atoms with Gasteiger partial charge in [0.25, 0.3) is 0 Å². The average molecular weight is 730 g/mol. The summed E-state index contributed by atoms with van der Waals surface area (Å²) in [6.07, 6.45) is 7.25. The number of hydrogen-bond acceptors (Lipinski definition) is 6. The first-order valence-corrected chi connectivity index (χ1v) is 22.0. The fourth-order valence-electron chi connectivity index (χ4n) is 8.28. The lowest BCUT2D eigenvalue weighted by Gasteiger charge is -2.38. The van der Waals surface area contributed by atoms with Gasteiger partial charge in [0.2, 0.25) is 0 Å². The van der Waals surface area contributed by atoms with E-state index in [1.807, 2.05) is 12.4 Å². The smallest absolute Gasteiger partial charge is 0.123 e. The van der Waals surface area contributed by atoms with Crippen molar-refractivity contribution in [2.24, 2.45) is 0 Å². The molecule has 0 amide bonds. The fourth-order valence-corrected chi connectivity index (χ4v) is 14.7. The van der Waals surface area contributed by atoms with Gasteiger partial charge in [-0.25, -0.2) is 19.9 Å². The van der Waals surface area contributed by atoms with Crippen LogP contribution in [0, 0.1) is 0 Å². The Kier molecular flexibility index (Phi) is 8.18. The highest BCUT2D eigenvalue weighted by Crippen LogP contribution is 2.62. The Morgan fingerprint density at radius 2 is 0.943 bits per heavy atom. The summed E-state index contributed by atoms with van der Waals surface area (Å²) in [6, 6.07) is 36.9. The molecule has 0 N–H and O–H groups in total. The number of nitrogens with zero attached hydrogens (tertiary/aromatic N) is 6. The van der Waals surface area contributed by atoms with Crippen LogP contribution >= 0.6 is 15.2 Å². The largest absolute Gasteiger partial charge is 0.341 e. The third-order valence-corrected chi connectivity index (χ3v) is 19.0. The Hall–Kier alpha value is -5.02. The van der Waals surface area contributed by atoms with E-state index < -0.39 is 15.2 Å². The van der Waals surface area contributed by atoms with E-state index in [-0.39, 0.29) is 0 Å². The van der Waals surface area contributed by atoms with Crippen molar-refractivity contribution in [2.45, 2.75) is 39.0 Å². The monoisotopic (exact) mass is 729 g/mol. The molecule has 0 spiro atoms. The van der Waals surface area contributed by atoms with Crippen molar-refractivity contribution >= 4 is 103 Å². The molecular weight excluding hydrogens is 686 g/mol. The predicted molar refractivity (Wildman–Crippen MR) is 232 cm³/mol. The highest BCUT2D eigenvalue weighted by atomic mass is 31.2. The van der Waals surface area contributed by atoms with Gasteiger partial charge in [0, 0.05) is 53.6 Å². The molecule has 0 saturated heterocycles. The maximum atomic E-state index is 4.80. The number of anilines is 4. The Labute approximate surface area is 313 Å².